The Morgan fingerprint density at radius 2 is 2.31 bits per heavy atom. The van der Waals surface area contributed by atoms with Crippen molar-refractivity contribution >= 4 is 29.1 Å². The minimum absolute atomic E-state index is 0.207. The highest BCUT2D eigenvalue weighted by atomic mass is 32.2. The van der Waals surface area contributed by atoms with Crippen LogP contribution >= 0.6 is 23.1 Å². The summed E-state index contributed by atoms with van der Waals surface area (Å²) >= 11 is 3.14. The number of carboxylic acid groups (broad SMARTS) is 1. The average molecular weight is 252 g/mol. The Kier molecular flexibility index (Phi) is 3.53. The van der Waals surface area contributed by atoms with Crippen molar-refractivity contribution in [2.45, 2.75) is 10.8 Å². The Morgan fingerprint density at radius 1 is 1.44 bits per heavy atom. The molecular weight excluding hydrogens is 244 g/mol. The van der Waals surface area contributed by atoms with Gasteiger partial charge in [-0.2, -0.15) is 0 Å². The standard InChI is InChI=1S/C10H8N2O2S2/c13-10(14)7-1-2-8(12-5-7)16-6-9-11-3-4-15-9/h1-5H,6H2,(H,13,14). The summed E-state index contributed by atoms with van der Waals surface area (Å²) in [5, 5.41) is 12.5. The van der Waals surface area contributed by atoms with E-state index in [2.05, 4.69) is 9.97 Å². The number of carbonyl (C=O) groups is 1. The average Bonchev–Trinajstić information content (AvgIpc) is 2.80. The van der Waals surface area contributed by atoms with Crippen LogP contribution in [0.4, 0.5) is 0 Å². The van der Waals surface area contributed by atoms with Gasteiger partial charge in [0, 0.05) is 17.8 Å². The van der Waals surface area contributed by atoms with Gasteiger partial charge in [-0.25, -0.2) is 14.8 Å². The van der Waals surface area contributed by atoms with Crippen molar-refractivity contribution in [1.82, 2.24) is 9.97 Å². The predicted octanol–water partition coefficient (Wildman–Crippen LogP) is 2.53. The van der Waals surface area contributed by atoms with E-state index in [-0.39, 0.29) is 5.56 Å². The van der Waals surface area contributed by atoms with Gasteiger partial charge < -0.3 is 5.11 Å². The van der Waals surface area contributed by atoms with Gasteiger partial charge in [0.2, 0.25) is 0 Å². The molecule has 16 heavy (non-hydrogen) atoms. The summed E-state index contributed by atoms with van der Waals surface area (Å²) in [6, 6.07) is 3.27. The molecule has 0 spiro atoms. The van der Waals surface area contributed by atoms with Crippen LogP contribution in [0.3, 0.4) is 0 Å². The van der Waals surface area contributed by atoms with Crippen LogP contribution in [-0.2, 0) is 5.75 Å². The molecule has 4 nitrogen and oxygen atoms in total. The van der Waals surface area contributed by atoms with Crippen LogP contribution in [-0.4, -0.2) is 21.0 Å². The van der Waals surface area contributed by atoms with Crippen molar-refractivity contribution in [3.8, 4) is 0 Å². The number of hydrogen-bond donors (Lipinski definition) is 1. The number of carboxylic acids is 1. The van der Waals surface area contributed by atoms with E-state index in [1.807, 2.05) is 5.38 Å². The fourth-order valence-electron chi connectivity index (χ4n) is 1.05. The lowest BCUT2D eigenvalue weighted by atomic mass is 10.3. The highest BCUT2D eigenvalue weighted by molar-refractivity contribution is 7.98. The molecule has 0 saturated heterocycles. The molecule has 6 heteroatoms. The summed E-state index contributed by atoms with van der Waals surface area (Å²) in [5.74, 6) is -0.194. The molecule has 2 aromatic rings. The van der Waals surface area contributed by atoms with E-state index in [4.69, 9.17) is 5.11 Å². The second-order valence-corrected chi connectivity index (χ2v) is 4.88. The zero-order chi connectivity index (χ0) is 11.4. The SMILES string of the molecule is O=C(O)c1ccc(SCc2nccs2)nc1. The summed E-state index contributed by atoms with van der Waals surface area (Å²) in [6.07, 6.45) is 3.13. The predicted molar refractivity (Wildman–Crippen MR) is 62.9 cm³/mol. The van der Waals surface area contributed by atoms with Crippen molar-refractivity contribution in [3.63, 3.8) is 0 Å². The highest BCUT2D eigenvalue weighted by Gasteiger charge is 2.04. The minimum Gasteiger partial charge on any atom is -0.478 e. The first-order valence-corrected chi connectivity index (χ1v) is 6.33. The minimum atomic E-state index is -0.955. The number of aromatic nitrogens is 2. The Hall–Kier alpha value is -1.40. The largest absolute Gasteiger partial charge is 0.478 e. The molecule has 0 saturated carbocycles. The third kappa shape index (κ3) is 2.80. The molecule has 0 aliphatic heterocycles. The van der Waals surface area contributed by atoms with Crippen molar-refractivity contribution in [2.24, 2.45) is 0 Å². The molecular formula is C10H8N2O2S2. The van der Waals surface area contributed by atoms with Crippen LogP contribution in [0, 0.1) is 0 Å². The Balaban J connectivity index is 1.98. The van der Waals surface area contributed by atoms with Crippen LogP contribution in [0.25, 0.3) is 0 Å². The first-order chi connectivity index (χ1) is 7.75. The molecule has 0 fully saturated rings. The molecule has 0 aliphatic carbocycles. The summed E-state index contributed by atoms with van der Waals surface area (Å²) in [6.45, 7) is 0. The molecule has 0 aromatic carbocycles. The zero-order valence-corrected chi connectivity index (χ0v) is 9.79. The molecule has 0 atom stereocenters. The Labute approximate surface area is 100 Å². The number of rotatable bonds is 4. The number of thiazole rings is 1. The number of aromatic carboxylic acids is 1. The van der Waals surface area contributed by atoms with E-state index in [1.165, 1.54) is 6.20 Å². The van der Waals surface area contributed by atoms with Crippen molar-refractivity contribution in [1.29, 1.82) is 0 Å². The molecule has 0 unspecified atom stereocenters. The van der Waals surface area contributed by atoms with Gasteiger partial charge in [-0.05, 0) is 12.1 Å². The van der Waals surface area contributed by atoms with Gasteiger partial charge >= 0.3 is 5.97 Å². The number of thioether (sulfide) groups is 1. The van der Waals surface area contributed by atoms with Crippen molar-refractivity contribution < 1.29 is 9.90 Å². The fraction of sp³-hybridized carbons (Fsp3) is 0.100. The summed E-state index contributed by atoms with van der Waals surface area (Å²) < 4.78 is 0. The monoisotopic (exact) mass is 252 g/mol. The highest BCUT2D eigenvalue weighted by Crippen LogP contribution is 2.21. The van der Waals surface area contributed by atoms with Gasteiger partial charge in [0.1, 0.15) is 5.01 Å². The number of pyridine rings is 1. The van der Waals surface area contributed by atoms with Crippen LogP contribution in [0.1, 0.15) is 15.4 Å². The molecule has 2 heterocycles. The Morgan fingerprint density at radius 3 is 2.88 bits per heavy atom. The van der Waals surface area contributed by atoms with Crippen LogP contribution in [0.2, 0.25) is 0 Å². The number of nitrogens with zero attached hydrogens (tertiary/aromatic N) is 2. The second kappa shape index (κ2) is 5.09. The topological polar surface area (TPSA) is 63.1 Å². The van der Waals surface area contributed by atoms with Crippen LogP contribution in [0.15, 0.2) is 34.9 Å². The van der Waals surface area contributed by atoms with Gasteiger partial charge in [0.15, 0.2) is 0 Å². The maximum absolute atomic E-state index is 10.6. The lowest BCUT2D eigenvalue weighted by Crippen LogP contribution is -1.96. The maximum atomic E-state index is 10.6. The quantitative estimate of drug-likeness (QED) is 0.847. The third-order valence-electron chi connectivity index (χ3n) is 1.81. The van der Waals surface area contributed by atoms with E-state index < -0.39 is 5.97 Å². The smallest absolute Gasteiger partial charge is 0.337 e. The van der Waals surface area contributed by atoms with Crippen molar-refractivity contribution in [3.05, 3.63) is 40.5 Å². The first kappa shape index (κ1) is 11.1. The molecule has 82 valence electrons. The lowest BCUT2D eigenvalue weighted by molar-refractivity contribution is 0.0696. The summed E-state index contributed by atoms with van der Waals surface area (Å²) in [4.78, 5) is 18.8. The van der Waals surface area contributed by atoms with Crippen LogP contribution < -0.4 is 0 Å². The normalized spacial score (nSPS) is 10.2. The number of hydrogen-bond acceptors (Lipinski definition) is 5. The Bertz CT molecular complexity index is 468. The zero-order valence-electron chi connectivity index (χ0n) is 8.16. The molecule has 0 aliphatic rings. The van der Waals surface area contributed by atoms with Gasteiger partial charge in [-0.1, -0.05) is 11.8 Å². The van der Waals surface area contributed by atoms with E-state index in [1.54, 1.807) is 41.4 Å². The van der Waals surface area contributed by atoms with Crippen molar-refractivity contribution in [2.75, 3.05) is 0 Å². The molecule has 2 rings (SSSR count). The molecule has 1 N–H and O–H groups in total. The van der Waals surface area contributed by atoms with E-state index >= 15 is 0 Å². The molecule has 0 amide bonds. The molecule has 0 radical (unpaired) electrons. The van der Waals surface area contributed by atoms with E-state index in [0.717, 1.165) is 15.8 Å². The fourth-order valence-corrected chi connectivity index (χ4v) is 2.54. The van der Waals surface area contributed by atoms with Crippen LogP contribution in [0.5, 0.6) is 0 Å². The van der Waals surface area contributed by atoms with Gasteiger partial charge in [0.05, 0.1) is 16.3 Å². The van der Waals surface area contributed by atoms with Gasteiger partial charge in [-0.15, -0.1) is 11.3 Å². The van der Waals surface area contributed by atoms with E-state index in [9.17, 15) is 4.79 Å². The lowest BCUT2D eigenvalue weighted by Gasteiger charge is -1.98. The molecule has 0 bridgehead atoms. The van der Waals surface area contributed by atoms with Gasteiger partial charge in [-0.3, -0.25) is 0 Å². The second-order valence-electron chi connectivity index (χ2n) is 2.90. The van der Waals surface area contributed by atoms with Gasteiger partial charge in [0.25, 0.3) is 0 Å². The maximum Gasteiger partial charge on any atom is 0.337 e. The summed E-state index contributed by atoms with van der Waals surface area (Å²) in [7, 11) is 0. The molecule has 2 aromatic heterocycles. The van der Waals surface area contributed by atoms with E-state index in [0.29, 0.717) is 0 Å². The third-order valence-corrected chi connectivity index (χ3v) is 3.73. The first-order valence-electron chi connectivity index (χ1n) is 4.46. The summed E-state index contributed by atoms with van der Waals surface area (Å²) in [5.41, 5.74) is 0.207.